The first-order chi connectivity index (χ1) is 16.5. The van der Waals surface area contributed by atoms with Crippen molar-refractivity contribution in [1.82, 2.24) is 0 Å². The topological polar surface area (TPSA) is 76.7 Å². The highest BCUT2D eigenvalue weighted by Gasteiger charge is 2.45. The minimum absolute atomic E-state index is 0.0973. The normalized spacial score (nSPS) is 16.4. The maximum Gasteiger partial charge on any atom is 0.255 e. The van der Waals surface area contributed by atoms with Crippen molar-refractivity contribution in [3.05, 3.63) is 82.9 Å². The van der Waals surface area contributed by atoms with Gasteiger partial charge in [-0.25, -0.2) is 0 Å². The lowest BCUT2D eigenvalue weighted by Crippen LogP contribution is -2.17. The highest BCUT2D eigenvalue weighted by Crippen LogP contribution is 2.50. The van der Waals surface area contributed by atoms with Crippen molar-refractivity contribution in [1.29, 1.82) is 0 Å². The molecule has 0 bridgehead atoms. The lowest BCUT2D eigenvalue weighted by Gasteiger charge is -2.18. The van der Waals surface area contributed by atoms with Crippen molar-refractivity contribution in [2.75, 3.05) is 23.8 Å². The minimum atomic E-state index is -0.263. The monoisotopic (exact) mass is 478 g/mol. The summed E-state index contributed by atoms with van der Waals surface area (Å²) in [5, 5.41) is 6.55. The molecule has 1 fully saturated rings. The molecule has 176 valence electrons. The quantitative estimate of drug-likeness (QED) is 0.387. The van der Waals surface area contributed by atoms with Crippen molar-refractivity contribution < 1.29 is 19.1 Å². The molecule has 3 aromatic rings. The number of ether oxygens (including phenoxy) is 2. The third-order valence-corrected chi connectivity index (χ3v) is 6.00. The number of benzene rings is 3. The third-order valence-electron chi connectivity index (χ3n) is 5.66. The lowest BCUT2D eigenvalue weighted by atomic mass is 10.1. The molecule has 0 saturated heterocycles. The van der Waals surface area contributed by atoms with Gasteiger partial charge in [0, 0.05) is 28.6 Å². The summed E-state index contributed by atoms with van der Waals surface area (Å²) in [7, 11) is 0. The summed E-state index contributed by atoms with van der Waals surface area (Å²) in [6.45, 7) is 4.51. The van der Waals surface area contributed by atoms with Gasteiger partial charge in [0.1, 0.15) is 11.5 Å². The van der Waals surface area contributed by atoms with Crippen LogP contribution in [0.4, 0.5) is 11.4 Å². The van der Waals surface area contributed by atoms with Gasteiger partial charge in [0.2, 0.25) is 5.91 Å². The molecule has 1 aliphatic rings. The van der Waals surface area contributed by atoms with Crippen LogP contribution in [0, 0.1) is 5.92 Å². The Morgan fingerprint density at radius 3 is 2.09 bits per heavy atom. The smallest absolute Gasteiger partial charge is 0.255 e. The van der Waals surface area contributed by atoms with E-state index in [1.165, 1.54) is 0 Å². The molecule has 4 rings (SSSR count). The Morgan fingerprint density at radius 2 is 1.47 bits per heavy atom. The summed E-state index contributed by atoms with van der Waals surface area (Å²) in [4.78, 5) is 25.7. The summed E-state index contributed by atoms with van der Waals surface area (Å²) in [5.41, 5.74) is 2.48. The first-order valence-corrected chi connectivity index (χ1v) is 11.7. The van der Waals surface area contributed by atoms with E-state index in [1.54, 1.807) is 36.4 Å². The van der Waals surface area contributed by atoms with E-state index in [4.69, 9.17) is 21.1 Å². The maximum atomic E-state index is 13.0. The van der Waals surface area contributed by atoms with Gasteiger partial charge in [0.05, 0.1) is 24.6 Å². The van der Waals surface area contributed by atoms with E-state index in [2.05, 4.69) is 10.6 Å². The molecule has 2 N–H and O–H groups in total. The Morgan fingerprint density at radius 1 is 0.882 bits per heavy atom. The number of amides is 2. The predicted octanol–water partition coefficient (Wildman–Crippen LogP) is 6.13. The van der Waals surface area contributed by atoms with Crippen LogP contribution in [0.2, 0.25) is 5.02 Å². The lowest BCUT2D eigenvalue weighted by molar-refractivity contribution is -0.117. The molecular formula is C27H27ClN2O4. The Bertz CT molecular complexity index is 1180. The predicted molar refractivity (Wildman–Crippen MR) is 134 cm³/mol. The van der Waals surface area contributed by atoms with Crippen LogP contribution in [0.5, 0.6) is 11.5 Å². The van der Waals surface area contributed by atoms with E-state index in [1.807, 2.05) is 44.2 Å². The van der Waals surface area contributed by atoms with Crippen LogP contribution in [0.1, 0.15) is 42.1 Å². The molecule has 2 unspecified atom stereocenters. The summed E-state index contributed by atoms with van der Waals surface area (Å²) in [6.07, 6.45) is 0.739. The van der Waals surface area contributed by atoms with Crippen LogP contribution >= 0.6 is 11.6 Å². The van der Waals surface area contributed by atoms with E-state index in [9.17, 15) is 9.59 Å². The second-order valence-corrected chi connectivity index (χ2v) is 8.40. The van der Waals surface area contributed by atoms with E-state index in [0.29, 0.717) is 46.7 Å². The number of hydrogen-bond donors (Lipinski definition) is 2. The molecule has 3 aromatic carbocycles. The van der Waals surface area contributed by atoms with Crippen molar-refractivity contribution >= 4 is 34.8 Å². The Hall–Kier alpha value is -3.51. The van der Waals surface area contributed by atoms with Gasteiger partial charge in [0.15, 0.2) is 0 Å². The number of hydrogen-bond acceptors (Lipinski definition) is 4. The summed E-state index contributed by atoms with van der Waals surface area (Å²) < 4.78 is 11.6. The number of rotatable bonds is 9. The van der Waals surface area contributed by atoms with Gasteiger partial charge in [-0.05, 0) is 49.9 Å². The van der Waals surface area contributed by atoms with Gasteiger partial charge in [0.25, 0.3) is 5.91 Å². The second kappa shape index (κ2) is 10.6. The maximum absolute atomic E-state index is 13.0. The number of nitrogens with one attached hydrogen (secondary N) is 2. The zero-order chi connectivity index (χ0) is 24.1. The summed E-state index contributed by atoms with van der Waals surface area (Å²) >= 11 is 6.31. The molecule has 1 aliphatic carbocycles. The number of carbonyl (C=O) groups is 2. The van der Waals surface area contributed by atoms with Crippen molar-refractivity contribution in [3.63, 3.8) is 0 Å². The Labute approximate surface area is 204 Å². The Balaban J connectivity index is 1.56. The molecule has 0 heterocycles. The molecular weight excluding hydrogens is 452 g/mol. The number of carbonyl (C=O) groups excluding carboxylic acids is 2. The fraction of sp³-hybridized carbons (Fsp3) is 0.259. The van der Waals surface area contributed by atoms with E-state index < -0.39 is 0 Å². The average Bonchev–Trinajstić information content (AvgIpc) is 3.63. The van der Waals surface area contributed by atoms with Crippen molar-refractivity contribution in [3.8, 4) is 11.5 Å². The van der Waals surface area contributed by atoms with Gasteiger partial charge < -0.3 is 20.1 Å². The molecule has 0 radical (unpaired) electrons. The standard InChI is InChI=1S/C27H27ClN2O4/c1-3-33-24-16-23(30-27(32)20-14-19(20)18-12-8-9-13-21(18)28)25(34-4-2)15-22(24)29-26(31)17-10-6-5-7-11-17/h5-13,15-16,19-20H,3-4,14H2,1-2H3,(H,29,31)(H,30,32). The van der Waals surface area contributed by atoms with E-state index >= 15 is 0 Å². The van der Waals surface area contributed by atoms with Crippen LogP contribution in [0.25, 0.3) is 0 Å². The molecule has 7 heteroatoms. The Kier molecular flexibility index (Phi) is 7.38. The number of halogens is 1. The highest BCUT2D eigenvalue weighted by atomic mass is 35.5. The minimum Gasteiger partial charge on any atom is -0.492 e. The van der Waals surface area contributed by atoms with Crippen LogP contribution in [0.15, 0.2) is 66.7 Å². The van der Waals surface area contributed by atoms with Crippen molar-refractivity contribution in [2.24, 2.45) is 5.92 Å². The van der Waals surface area contributed by atoms with Crippen molar-refractivity contribution in [2.45, 2.75) is 26.2 Å². The third kappa shape index (κ3) is 5.34. The molecule has 0 aromatic heterocycles. The van der Waals surface area contributed by atoms with Crippen LogP contribution in [-0.2, 0) is 4.79 Å². The number of anilines is 2. The second-order valence-electron chi connectivity index (χ2n) is 7.99. The molecule has 2 atom stereocenters. The van der Waals surface area contributed by atoms with E-state index in [-0.39, 0.29) is 23.7 Å². The fourth-order valence-electron chi connectivity index (χ4n) is 3.92. The van der Waals surface area contributed by atoms with Gasteiger partial charge in [-0.1, -0.05) is 48.0 Å². The zero-order valence-corrected chi connectivity index (χ0v) is 19.9. The molecule has 34 heavy (non-hydrogen) atoms. The largest absolute Gasteiger partial charge is 0.492 e. The van der Waals surface area contributed by atoms with Crippen LogP contribution < -0.4 is 20.1 Å². The van der Waals surface area contributed by atoms with Gasteiger partial charge in [-0.2, -0.15) is 0 Å². The molecule has 6 nitrogen and oxygen atoms in total. The van der Waals surface area contributed by atoms with Gasteiger partial charge in [-0.3, -0.25) is 9.59 Å². The van der Waals surface area contributed by atoms with Gasteiger partial charge >= 0.3 is 0 Å². The fourth-order valence-corrected chi connectivity index (χ4v) is 4.19. The summed E-state index contributed by atoms with van der Waals surface area (Å²) in [5.74, 6) is 0.472. The average molecular weight is 479 g/mol. The molecule has 1 saturated carbocycles. The van der Waals surface area contributed by atoms with Crippen LogP contribution in [0.3, 0.4) is 0 Å². The molecule has 0 aliphatic heterocycles. The van der Waals surface area contributed by atoms with Gasteiger partial charge in [-0.15, -0.1) is 0 Å². The summed E-state index contributed by atoms with van der Waals surface area (Å²) in [6, 6.07) is 19.9. The first-order valence-electron chi connectivity index (χ1n) is 11.4. The first kappa shape index (κ1) is 23.6. The molecule has 0 spiro atoms. The zero-order valence-electron chi connectivity index (χ0n) is 19.1. The SMILES string of the molecule is CCOc1cc(NC(=O)C2CC2c2ccccc2Cl)c(OCC)cc1NC(=O)c1ccccc1. The van der Waals surface area contributed by atoms with E-state index in [0.717, 1.165) is 12.0 Å². The van der Waals surface area contributed by atoms with Crippen LogP contribution in [-0.4, -0.2) is 25.0 Å². The highest BCUT2D eigenvalue weighted by molar-refractivity contribution is 6.31. The molecule has 2 amide bonds.